The Morgan fingerprint density at radius 2 is 1.83 bits per heavy atom. The minimum absolute atomic E-state index is 0.826. The molecule has 1 unspecified atom stereocenters. The van der Waals surface area contributed by atoms with Crippen molar-refractivity contribution in [2.75, 3.05) is 40.8 Å². The minimum Gasteiger partial charge on any atom is -0.309 e. The summed E-state index contributed by atoms with van der Waals surface area (Å²) in [5.41, 5.74) is 0. The molecule has 0 radical (unpaired) electrons. The van der Waals surface area contributed by atoms with Crippen molar-refractivity contribution in [3.8, 4) is 0 Å². The normalized spacial score (nSPS) is 22.2. The first-order chi connectivity index (χ1) is 8.40. The second kappa shape index (κ2) is 9.80. The van der Waals surface area contributed by atoms with Gasteiger partial charge in [-0.05, 0) is 51.9 Å². The van der Waals surface area contributed by atoms with Gasteiger partial charge in [-0.3, -0.25) is 0 Å². The molecule has 0 spiro atoms. The Morgan fingerprint density at radius 3 is 2.00 bits per heavy atom. The highest BCUT2D eigenvalue weighted by Crippen LogP contribution is 2.16. The lowest BCUT2D eigenvalue weighted by Gasteiger charge is -2.22. The van der Waals surface area contributed by atoms with E-state index in [2.05, 4.69) is 58.6 Å². The molecule has 0 saturated carbocycles. The van der Waals surface area contributed by atoms with Gasteiger partial charge in [0.05, 0.1) is 0 Å². The third-order valence-corrected chi connectivity index (χ3v) is 4.13. The first-order valence-corrected chi connectivity index (χ1v) is 7.73. The SMILES string of the molecule is CCC1CCN(C)C1.CC[C@H](CN(C)C)C(C)C. The quantitative estimate of drug-likeness (QED) is 0.742. The Balaban J connectivity index is 0.000000327. The summed E-state index contributed by atoms with van der Waals surface area (Å²) in [6.07, 6.45) is 4.09. The maximum Gasteiger partial charge on any atom is 0.000698 e. The Morgan fingerprint density at radius 1 is 1.22 bits per heavy atom. The van der Waals surface area contributed by atoms with Gasteiger partial charge in [0.15, 0.2) is 0 Å². The summed E-state index contributed by atoms with van der Waals surface area (Å²) in [5.74, 6) is 2.70. The number of rotatable bonds is 5. The zero-order valence-corrected chi connectivity index (χ0v) is 13.9. The minimum atomic E-state index is 0.826. The summed E-state index contributed by atoms with van der Waals surface area (Å²) in [6.45, 7) is 13.0. The molecule has 2 nitrogen and oxygen atoms in total. The van der Waals surface area contributed by atoms with Gasteiger partial charge in [-0.15, -0.1) is 0 Å². The lowest BCUT2D eigenvalue weighted by Crippen LogP contribution is -2.24. The van der Waals surface area contributed by atoms with E-state index in [0.717, 1.165) is 17.8 Å². The number of hydrogen-bond donors (Lipinski definition) is 0. The molecule has 0 aliphatic carbocycles. The third kappa shape index (κ3) is 8.10. The highest BCUT2D eigenvalue weighted by atomic mass is 15.1. The molecule has 1 fully saturated rings. The van der Waals surface area contributed by atoms with Gasteiger partial charge in [0.1, 0.15) is 0 Å². The number of hydrogen-bond acceptors (Lipinski definition) is 2. The van der Waals surface area contributed by atoms with Crippen molar-refractivity contribution in [1.82, 2.24) is 9.80 Å². The molecule has 0 N–H and O–H groups in total. The van der Waals surface area contributed by atoms with Gasteiger partial charge in [0, 0.05) is 13.1 Å². The van der Waals surface area contributed by atoms with Crippen LogP contribution in [0.3, 0.4) is 0 Å². The van der Waals surface area contributed by atoms with Crippen molar-refractivity contribution in [3.63, 3.8) is 0 Å². The first kappa shape index (κ1) is 17.9. The smallest absolute Gasteiger partial charge is 0.000698 e. The van der Waals surface area contributed by atoms with Crippen LogP contribution in [0.4, 0.5) is 0 Å². The molecule has 0 amide bonds. The number of nitrogens with zero attached hydrogens (tertiary/aromatic N) is 2. The van der Waals surface area contributed by atoms with Crippen LogP contribution in [0.1, 0.15) is 47.0 Å². The Hall–Kier alpha value is -0.0800. The van der Waals surface area contributed by atoms with E-state index < -0.39 is 0 Å². The summed E-state index contributed by atoms with van der Waals surface area (Å²) in [6, 6.07) is 0. The monoisotopic (exact) mass is 256 g/mol. The van der Waals surface area contributed by atoms with Gasteiger partial charge < -0.3 is 9.80 Å². The predicted molar refractivity (Wildman–Crippen MR) is 83.1 cm³/mol. The molecule has 0 aromatic rings. The molecular weight excluding hydrogens is 220 g/mol. The van der Waals surface area contributed by atoms with Crippen LogP contribution in [0.25, 0.3) is 0 Å². The van der Waals surface area contributed by atoms with E-state index in [1.165, 1.54) is 38.9 Å². The van der Waals surface area contributed by atoms with Crippen molar-refractivity contribution in [2.24, 2.45) is 17.8 Å². The largest absolute Gasteiger partial charge is 0.309 e. The molecule has 0 aromatic heterocycles. The van der Waals surface area contributed by atoms with Crippen molar-refractivity contribution in [1.29, 1.82) is 0 Å². The summed E-state index contributed by atoms with van der Waals surface area (Å²) >= 11 is 0. The zero-order valence-electron chi connectivity index (χ0n) is 13.9. The molecule has 110 valence electrons. The molecule has 2 heteroatoms. The maximum atomic E-state index is 2.41. The Bertz CT molecular complexity index is 190. The second-order valence-electron chi connectivity index (χ2n) is 6.50. The summed E-state index contributed by atoms with van der Waals surface area (Å²) in [5, 5.41) is 0. The molecule has 1 heterocycles. The van der Waals surface area contributed by atoms with Crippen LogP contribution in [-0.4, -0.2) is 50.6 Å². The van der Waals surface area contributed by atoms with Crippen LogP contribution >= 0.6 is 0 Å². The fourth-order valence-electron chi connectivity index (χ4n) is 2.64. The second-order valence-corrected chi connectivity index (χ2v) is 6.50. The van der Waals surface area contributed by atoms with Crippen LogP contribution in [0, 0.1) is 17.8 Å². The average molecular weight is 256 g/mol. The van der Waals surface area contributed by atoms with Gasteiger partial charge in [0.2, 0.25) is 0 Å². The fourth-order valence-corrected chi connectivity index (χ4v) is 2.64. The topological polar surface area (TPSA) is 6.48 Å². The molecule has 0 bridgehead atoms. The standard InChI is InChI=1S/C9H21N.C7H15N/c1-6-9(8(2)3)7-10(4)5;1-3-7-4-5-8(2)6-7/h8-9H,6-7H2,1-5H3;7H,3-6H2,1-2H3/t9-;/m1./s1. The average Bonchev–Trinajstić information content (AvgIpc) is 2.72. The lowest BCUT2D eigenvalue weighted by molar-refractivity contribution is 0.263. The van der Waals surface area contributed by atoms with Gasteiger partial charge in [-0.25, -0.2) is 0 Å². The molecule has 1 aliphatic heterocycles. The lowest BCUT2D eigenvalue weighted by atomic mass is 9.93. The van der Waals surface area contributed by atoms with E-state index in [9.17, 15) is 0 Å². The van der Waals surface area contributed by atoms with Gasteiger partial charge in [0.25, 0.3) is 0 Å². The van der Waals surface area contributed by atoms with Crippen molar-refractivity contribution >= 4 is 0 Å². The van der Waals surface area contributed by atoms with Gasteiger partial charge in [-0.2, -0.15) is 0 Å². The molecule has 0 aromatic carbocycles. The van der Waals surface area contributed by atoms with Crippen molar-refractivity contribution in [2.45, 2.75) is 47.0 Å². The summed E-state index contributed by atoms with van der Waals surface area (Å²) in [4.78, 5) is 4.68. The maximum absolute atomic E-state index is 2.41. The number of likely N-dealkylation sites (tertiary alicyclic amines) is 1. The fraction of sp³-hybridized carbons (Fsp3) is 1.00. The van der Waals surface area contributed by atoms with Crippen LogP contribution in [0.15, 0.2) is 0 Å². The van der Waals surface area contributed by atoms with Crippen molar-refractivity contribution < 1.29 is 0 Å². The van der Waals surface area contributed by atoms with Gasteiger partial charge in [-0.1, -0.05) is 40.5 Å². The first-order valence-electron chi connectivity index (χ1n) is 7.73. The van der Waals surface area contributed by atoms with E-state index in [4.69, 9.17) is 0 Å². The molecule has 1 rings (SSSR count). The van der Waals surface area contributed by atoms with Gasteiger partial charge >= 0.3 is 0 Å². The van der Waals surface area contributed by atoms with Crippen molar-refractivity contribution in [3.05, 3.63) is 0 Å². The molecular formula is C16H36N2. The molecule has 1 saturated heterocycles. The Kier molecular flexibility index (Phi) is 9.76. The highest BCUT2D eigenvalue weighted by molar-refractivity contribution is 4.70. The molecule has 2 atom stereocenters. The van der Waals surface area contributed by atoms with Crippen LogP contribution in [0.5, 0.6) is 0 Å². The predicted octanol–water partition coefficient (Wildman–Crippen LogP) is 3.58. The van der Waals surface area contributed by atoms with Crippen LogP contribution in [-0.2, 0) is 0 Å². The zero-order chi connectivity index (χ0) is 14.1. The third-order valence-electron chi connectivity index (χ3n) is 4.13. The molecule has 1 aliphatic rings. The summed E-state index contributed by atoms with van der Waals surface area (Å²) < 4.78 is 0. The Labute approximate surface area is 116 Å². The molecule has 18 heavy (non-hydrogen) atoms. The van der Waals surface area contributed by atoms with E-state index in [1.807, 2.05) is 0 Å². The van der Waals surface area contributed by atoms with E-state index in [0.29, 0.717) is 0 Å². The van der Waals surface area contributed by atoms with Crippen LogP contribution in [0.2, 0.25) is 0 Å². The van der Waals surface area contributed by atoms with E-state index >= 15 is 0 Å². The summed E-state index contributed by atoms with van der Waals surface area (Å²) in [7, 11) is 6.49. The van der Waals surface area contributed by atoms with E-state index in [1.54, 1.807) is 0 Å². The van der Waals surface area contributed by atoms with E-state index in [-0.39, 0.29) is 0 Å². The van der Waals surface area contributed by atoms with Crippen LogP contribution < -0.4 is 0 Å². The highest BCUT2D eigenvalue weighted by Gasteiger charge is 2.16.